The molecule has 0 saturated carbocycles. The molecule has 2 N–H and O–H groups in total. The van der Waals surface area contributed by atoms with Gasteiger partial charge in [0.05, 0.1) is 6.61 Å². The Kier molecular flexibility index (Phi) is 6.09. The molecule has 2 aromatic carbocycles. The number of hydrogen-bond acceptors (Lipinski definition) is 2. The minimum atomic E-state index is 0.466. The molecule has 106 valence electrons. The van der Waals surface area contributed by atoms with Crippen LogP contribution in [0, 0.1) is 5.92 Å². The van der Waals surface area contributed by atoms with Crippen LogP contribution in [0.3, 0.4) is 0 Å². The maximum atomic E-state index is 5.86. The highest BCUT2D eigenvalue weighted by Gasteiger charge is 2.08. The van der Waals surface area contributed by atoms with Crippen molar-refractivity contribution in [3.8, 4) is 5.75 Å². The molecule has 0 aliphatic heterocycles. The van der Waals surface area contributed by atoms with Gasteiger partial charge in [-0.2, -0.15) is 0 Å². The highest BCUT2D eigenvalue weighted by Crippen LogP contribution is 2.17. The molecule has 2 aromatic rings. The molecule has 0 saturated heterocycles. The van der Waals surface area contributed by atoms with Crippen LogP contribution in [0.15, 0.2) is 59.1 Å². The Labute approximate surface area is 129 Å². The Morgan fingerprint density at radius 3 is 2.35 bits per heavy atom. The zero-order chi connectivity index (χ0) is 14.2. The molecule has 1 atom stereocenters. The third kappa shape index (κ3) is 4.99. The molecule has 20 heavy (non-hydrogen) atoms. The van der Waals surface area contributed by atoms with Gasteiger partial charge < -0.3 is 10.5 Å². The number of hydrogen-bond donors (Lipinski definition) is 1. The van der Waals surface area contributed by atoms with Gasteiger partial charge in [-0.25, -0.2) is 0 Å². The zero-order valence-electron chi connectivity index (χ0n) is 11.5. The van der Waals surface area contributed by atoms with Gasteiger partial charge in [-0.1, -0.05) is 46.3 Å². The fourth-order valence-corrected chi connectivity index (χ4v) is 2.39. The standard InChI is InChI=1S/C17H20BrNO/c18-16-6-8-17(9-7-16)20-11-10-15(13-19)12-14-4-2-1-3-5-14/h1-9,15H,10-13,19H2. The minimum absolute atomic E-state index is 0.466. The SMILES string of the molecule is NCC(CCOc1ccc(Br)cc1)Cc1ccccc1. The van der Waals surface area contributed by atoms with Crippen molar-refractivity contribution in [3.63, 3.8) is 0 Å². The molecule has 0 fully saturated rings. The summed E-state index contributed by atoms with van der Waals surface area (Å²) in [5, 5.41) is 0. The molecule has 0 heterocycles. The third-order valence-corrected chi connectivity index (χ3v) is 3.84. The van der Waals surface area contributed by atoms with E-state index < -0.39 is 0 Å². The van der Waals surface area contributed by atoms with Gasteiger partial charge in [0.1, 0.15) is 5.75 Å². The molecule has 0 spiro atoms. The van der Waals surface area contributed by atoms with E-state index in [1.807, 2.05) is 30.3 Å². The quantitative estimate of drug-likeness (QED) is 0.829. The summed E-state index contributed by atoms with van der Waals surface area (Å²) in [6, 6.07) is 18.4. The lowest BCUT2D eigenvalue weighted by molar-refractivity contribution is 0.279. The number of benzene rings is 2. The van der Waals surface area contributed by atoms with Gasteiger partial charge in [-0.05, 0) is 55.1 Å². The van der Waals surface area contributed by atoms with Crippen LogP contribution in [-0.4, -0.2) is 13.2 Å². The van der Waals surface area contributed by atoms with E-state index in [4.69, 9.17) is 10.5 Å². The largest absolute Gasteiger partial charge is 0.494 e. The Morgan fingerprint density at radius 2 is 1.70 bits per heavy atom. The van der Waals surface area contributed by atoms with Crippen molar-refractivity contribution >= 4 is 15.9 Å². The predicted octanol–water partition coefficient (Wildman–Crippen LogP) is 4.04. The molecule has 0 aliphatic rings. The van der Waals surface area contributed by atoms with Crippen molar-refractivity contribution < 1.29 is 4.74 Å². The first-order valence-corrected chi connectivity index (χ1v) is 7.69. The van der Waals surface area contributed by atoms with Gasteiger partial charge >= 0.3 is 0 Å². The van der Waals surface area contributed by atoms with Gasteiger partial charge in [0.25, 0.3) is 0 Å². The van der Waals surface area contributed by atoms with Crippen LogP contribution in [0.4, 0.5) is 0 Å². The van der Waals surface area contributed by atoms with E-state index in [1.165, 1.54) is 5.56 Å². The van der Waals surface area contributed by atoms with E-state index in [0.29, 0.717) is 19.1 Å². The summed E-state index contributed by atoms with van der Waals surface area (Å²) in [5.41, 5.74) is 7.20. The van der Waals surface area contributed by atoms with Crippen LogP contribution in [0.5, 0.6) is 5.75 Å². The number of halogens is 1. The molecule has 0 aromatic heterocycles. The second-order valence-electron chi connectivity index (χ2n) is 4.88. The summed E-state index contributed by atoms with van der Waals surface area (Å²) in [6.45, 7) is 1.40. The highest BCUT2D eigenvalue weighted by atomic mass is 79.9. The van der Waals surface area contributed by atoms with Gasteiger partial charge in [0, 0.05) is 4.47 Å². The van der Waals surface area contributed by atoms with Crippen LogP contribution in [-0.2, 0) is 6.42 Å². The Morgan fingerprint density at radius 1 is 1.00 bits per heavy atom. The average Bonchev–Trinajstić information content (AvgIpc) is 2.49. The third-order valence-electron chi connectivity index (χ3n) is 3.31. The molecule has 0 amide bonds. The lowest BCUT2D eigenvalue weighted by Crippen LogP contribution is -2.19. The first-order valence-electron chi connectivity index (χ1n) is 6.90. The highest BCUT2D eigenvalue weighted by molar-refractivity contribution is 9.10. The zero-order valence-corrected chi connectivity index (χ0v) is 13.1. The lowest BCUT2D eigenvalue weighted by Gasteiger charge is -2.15. The fourth-order valence-electron chi connectivity index (χ4n) is 2.12. The van der Waals surface area contributed by atoms with Gasteiger partial charge in [0.15, 0.2) is 0 Å². The Hall–Kier alpha value is -1.32. The maximum absolute atomic E-state index is 5.86. The summed E-state index contributed by atoms with van der Waals surface area (Å²) in [7, 11) is 0. The van der Waals surface area contributed by atoms with Crippen LogP contribution >= 0.6 is 15.9 Å². The van der Waals surface area contributed by atoms with Gasteiger partial charge in [0.2, 0.25) is 0 Å². The van der Waals surface area contributed by atoms with Crippen LogP contribution in [0.2, 0.25) is 0 Å². The van der Waals surface area contributed by atoms with Gasteiger partial charge in [-0.3, -0.25) is 0 Å². The predicted molar refractivity (Wildman–Crippen MR) is 86.9 cm³/mol. The van der Waals surface area contributed by atoms with Crippen molar-refractivity contribution in [1.29, 1.82) is 0 Å². The Bertz CT molecular complexity index is 498. The van der Waals surface area contributed by atoms with E-state index in [9.17, 15) is 0 Å². The Balaban J connectivity index is 1.78. The monoisotopic (exact) mass is 333 g/mol. The van der Waals surface area contributed by atoms with Crippen molar-refractivity contribution in [2.75, 3.05) is 13.2 Å². The second kappa shape index (κ2) is 8.08. The van der Waals surface area contributed by atoms with Crippen molar-refractivity contribution in [2.24, 2.45) is 11.7 Å². The lowest BCUT2D eigenvalue weighted by atomic mass is 9.97. The topological polar surface area (TPSA) is 35.2 Å². The van der Waals surface area contributed by atoms with Crippen LogP contribution < -0.4 is 10.5 Å². The molecular weight excluding hydrogens is 314 g/mol. The smallest absolute Gasteiger partial charge is 0.119 e. The molecule has 1 unspecified atom stereocenters. The van der Waals surface area contributed by atoms with Crippen molar-refractivity contribution in [2.45, 2.75) is 12.8 Å². The first-order chi connectivity index (χ1) is 9.78. The molecule has 2 nitrogen and oxygen atoms in total. The maximum Gasteiger partial charge on any atom is 0.119 e. The number of nitrogens with two attached hydrogens (primary N) is 1. The van der Waals surface area contributed by atoms with E-state index in [2.05, 4.69) is 40.2 Å². The summed E-state index contributed by atoms with van der Waals surface area (Å²) in [6.07, 6.45) is 1.99. The minimum Gasteiger partial charge on any atom is -0.494 e. The average molecular weight is 334 g/mol. The normalized spacial score (nSPS) is 12.1. The summed E-state index contributed by atoms with van der Waals surface area (Å²) in [5.74, 6) is 1.37. The summed E-state index contributed by atoms with van der Waals surface area (Å²) < 4.78 is 6.82. The fraction of sp³-hybridized carbons (Fsp3) is 0.294. The van der Waals surface area contributed by atoms with E-state index in [1.54, 1.807) is 0 Å². The summed E-state index contributed by atoms with van der Waals surface area (Å²) >= 11 is 3.41. The molecule has 2 rings (SSSR count). The summed E-state index contributed by atoms with van der Waals surface area (Å²) in [4.78, 5) is 0. The van der Waals surface area contributed by atoms with Crippen molar-refractivity contribution in [1.82, 2.24) is 0 Å². The first kappa shape index (κ1) is 15.1. The molecule has 0 radical (unpaired) electrons. The van der Waals surface area contributed by atoms with E-state index in [0.717, 1.165) is 23.1 Å². The van der Waals surface area contributed by atoms with Gasteiger partial charge in [-0.15, -0.1) is 0 Å². The molecular formula is C17H20BrNO. The number of rotatable bonds is 7. The van der Waals surface area contributed by atoms with Crippen molar-refractivity contribution in [3.05, 3.63) is 64.6 Å². The second-order valence-corrected chi connectivity index (χ2v) is 5.80. The number of ether oxygens (including phenoxy) is 1. The van der Waals surface area contributed by atoms with E-state index >= 15 is 0 Å². The molecule has 0 aliphatic carbocycles. The van der Waals surface area contributed by atoms with Crippen LogP contribution in [0.1, 0.15) is 12.0 Å². The van der Waals surface area contributed by atoms with Crippen LogP contribution in [0.25, 0.3) is 0 Å². The molecule has 0 bridgehead atoms. The van der Waals surface area contributed by atoms with E-state index in [-0.39, 0.29) is 0 Å². The molecule has 3 heteroatoms.